The van der Waals surface area contributed by atoms with Gasteiger partial charge in [0.15, 0.2) is 5.17 Å². The van der Waals surface area contributed by atoms with Crippen molar-refractivity contribution in [1.29, 1.82) is 0 Å². The molecular formula is C19H12ClF3N4O3S. The van der Waals surface area contributed by atoms with Crippen LogP contribution in [0.15, 0.2) is 57.7 Å². The number of amidine groups is 1. The van der Waals surface area contributed by atoms with Crippen LogP contribution in [-0.2, 0) is 20.5 Å². The molecule has 0 unspecified atom stereocenters. The van der Waals surface area contributed by atoms with E-state index in [1.807, 2.05) is 0 Å². The number of carbonyl (C=O) groups is 2. The summed E-state index contributed by atoms with van der Waals surface area (Å²) in [7, 11) is 1.20. The molecule has 0 spiro atoms. The number of thioether (sulfide) groups is 1. The predicted octanol–water partition coefficient (Wildman–Crippen LogP) is 4.03. The van der Waals surface area contributed by atoms with Gasteiger partial charge in [0, 0.05) is 17.8 Å². The first kappa shape index (κ1) is 22.5. The molecule has 2 aromatic rings. The van der Waals surface area contributed by atoms with Crippen molar-refractivity contribution in [2.75, 3.05) is 7.11 Å². The quantitative estimate of drug-likeness (QED) is 0.316. The number of aromatic nitrogens is 1. The zero-order chi connectivity index (χ0) is 22.6. The fraction of sp³-hybridized carbons (Fsp3) is 0.105. The number of nitrogens with zero attached hydrogens (tertiary/aromatic N) is 3. The topological polar surface area (TPSA) is 93.0 Å². The molecule has 1 aromatic heterocycles. The number of alkyl halides is 3. The molecule has 1 N–H and O–H groups in total. The van der Waals surface area contributed by atoms with Crippen LogP contribution in [0.3, 0.4) is 0 Å². The zero-order valence-electron chi connectivity index (χ0n) is 15.6. The zero-order valence-corrected chi connectivity index (χ0v) is 17.2. The Labute approximate surface area is 183 Å². The first-order chi connectivity index (χ1) is 14.7. The molecule has 1 aliphatic heterocycles. The number of hydrogen-bond donors (Lipinski definition) is 1. The van der Waals surface area contributed by atoms with Gasteiger partial charge >= 0.3 is 12.1 Å². The molecule has 31 heavy (non-hydrogen) atoms. The van der Waals surface area contributed by atoms with Crippen LogP contribution in [0.1, 0.15) is 11.1 Å². The Morgan fingerprint density at radius 2 is 2.00 bits per heavy atom. The number of pyridine rings is 1. The van der Waals surface area contributed by atoms with Crippen LogP contribution in [0.25, 0.3) is 11.3 Å². The van der Waals surface area contributed by atoms with Gasteiger partial charge in [0.05, 0.1) is 34.5 Å². The van der Waals surface area contributed by atoms with Gasteiger partial charge in [0.2, 0.25) is 0 Å². The lowest BCUT2D eigenvalue weighted by molar-refractivity contribution is -0.138. The third-order valence-electron chi connectivity index (χ3n) is 3.81. The second-order valence-electron chi connectivity index (χ2n) is 5.91. The number of hydrogen-bond acceptors (Lipinski definition) is 7. The Morgan fingerprint density at radius 3 is 2.61 bits per heavy atom. The molecule has 2 heterocycles. The number of methoxy groups -OCH3 is 1. The molecule has 160 valence electrons. The van der Waals surface area contributed by atoms with Crippen molar-refractivity contribution in [3.63, 3.8) is 0 Å². The van der Waals surface area contributed by atoms with Crippen molar-refractivity contribution < 1.29 is 27.5 Å². The summed E-state index contributed by atoms with van der Waals surface area (Å²) in [6.07, 6.45) is -1.34. The molecule has 1 aromatic carbocycles. The van der Waals surface area contributed by atoms with Crippen LogP contribution in [0.5, 0.6) is 0 Å². The second kappa shape index (κ2) is 9.31. The number of esters is 1. The molecule has 1 fully saturated rings. The fourth-order valence-electron chi connectivity index (χ4n) is 2.32. The maximum Gasteiger partial charge on any atom is 0.417 e. The Morgan fingerprint density at radius 1 is 1.29 bits per heavy atom. The van der Waals surface area contributed by atoms with Gasteiger partial charge in [-0.1, -0.05) is 35.9 Å². The molecule has 1 amide bonds. The van der Waals surface area contributed by atoms with Crippen molar-refractivity contribution in [3.8, 4) is 11.3 Å². The highest BCUT2D eigenvalue weighted by molar-refractivity contribution is 8.18. The van der Waals surface area contributed by atoms with Gasteiger partial charge in [0.1, 0.15) is 0 Å². The predicted molar refractivity (Wildman–Crippen MR) is 111 cm³/mol. The van der Waals surface area contributed by atoms with E-state index in [0.717, 1.165) is 30.1 Å². The molecular weight excluding hydrogens is 457 g/mol. The maximum absolute atomic E-state index is 12.7. The normalized spacial score (nSPS) is 16.9. The van der Waals surface area contributed by atoms with E-state index in [1.54, 1.807) is 24.3 Å². The van der Waals surface area contributed by atoms with Gasteiger partial charge in [-0.2, -0.15) is 18.3 Å². The van der Waals surface area contributed by atoms with Crippen LogP contribution in [0.4, 0.5) is 13.2 Å². The average Bonchev–Trinajstić information content (AvgIpc) is 3.06. The molecule has 0 atom stereocenters. The molecule has 0 saturated carbocycles. The lowest BCUT2D eigenvalue weighted by Crippen LogP contribution is -2.19. The van der Waals surface area contributed by atoms with Gasteiger partial charge in [-0.05, 0) is 23.4 Å². The Kier molecular flexibility index (Phi) is 6.76. The minimum Gasteiger partial charge on any atom is -0.466 e. The van der Waals surface area contributed by atoms with Gasteiger partial charge in [-0.3, -0.25) is 15.1 Å². The summed E-state index contributed by atoms with van der Waals surface area (Å²) in [5.41, 5.74) is 0.452. The Balaban J connectivity index is 1.70. The van der Waals surface area contributed by atoms with Crippen LogP contribution < -0.4 is 5.32 Å². The van der Waals surface area contributed by atoms with Gasteiger partial charge in [-0.25, -0.2) is 4.79 Å². The number of ether oxygens (including phenoxy) is 1. The Hall–Kier alpha value is -3.18. The summed E-state index contributed by atoms with van der Waals surface area (Å²) in [6.45, 7) is 0. The molecule has 0 radical (unpaired) electrons. The third-order valence-corrected chi connectivity index (χ3v) is 5.00. The SMILES string of the molecule is COC(=O)/C=C1/S/C(=N\N=Cc2ccc(-c3ncc(C(F)(F)F)cc3Cl)cc2)NC1=O. The third kappa shape index (κ3) is 5.70. The van der Waals surface area contributed by atoms with E-state index in [-0.39, 0.29) is 20.8 Å². The van der Waals surface area contributed by atoms with E-state index in [2.05, 4.69) is 25.2 Å². The minimum atomic E-state index is -4.52. The summed E-state index contributed by atoms with van der Waals surface area (Å²) in [5.74, 6) is -1.15. The van der Waals surface area contributed by atoms with Crippen LogP contribution in [0.2, 0.25) is 5.02 Å². The molecule has 1 saturated heterocycles. The van der Waals surface area contributed by atoms with Crippen molar-refractivity contribution in [2.24, 2.45) is 10.2 Å². The number of halogens is 4. The van der Waals surface area contributed by atoms with Crippen molar-refractivity contribution >= 4 is 46.6 Å². The number of nitrogens with one attached hydrogen (secondary N) is 1. The summed E-state index contributed by atoms with van der Waals surface area (Å²) < 4.78 is 42.6. The smallest absolute Gasteiger partial charge is 0.417 e. The lowest BCUT2D eigenvalue weighted by atomic mass is 10.1. The first-order valence-electron chi connectivity index (χ1n) is 8.40. The van der Waals surface area contributed by atoms with E-state index < -0.39 is 23.6 Å². The van der Waals surface area contributed by atoms with E-state index >= 15 is 0 Å². The average molecular weight is 469 g/mol. The largest absolute Gasteiger partial charge is 0.466 e. The molecule has 7 nitrogen and oxygen atoms in total. The number of rotatable bonds is 4. The lowest BCUT2D eigenvalue weighted by Gasteiger charge is -2.09. The molecule has 1 aliphatic rings. The number of amides is 1. The van der Waals surface area contributed by atoms with Gasteiger partial charge in [0.25, 0.3) is 5.91 Å². The highest BCUT2D eigenvalue weighted by Crippen LogP contribution is 2.34. The minimum absolute atomic E-state index is 0.118. The van der Waals surface area contributed by atoms with E-state index in [0.29, 0.717) is 11.1 Å². The highest BCUT2D eigenvalue weighted by Gasteiger charge is 2.31. The van der Waals surface area contributed by atoms with Crippen LogP contribution in [0, 0.1) is 0 Å². The molecule has 12 heteroatoms. The summed E-state index contributed by atoms with van der Waals surface area (Å²) >= 11 is 6.89. The number of carbonyl (C=O) groups excluding carboxylic acids is 2. The van der Waals surface area contributed by atoms with Crippen LogP contribution in [-0.4, -0.2) is 35.4 Å². The summed E-state index contributed by atoms with van der Waals surface area (Å²) in [5, 5.41) is 10.3. The summed E-state index contributed by atoms with van der Waals surface area (Å²) in [6, 6.07) is 7.37. The molecule has 0 bridgehead atoms. The molecule has 3 rings (SSSR count). The number of benzene rings is 1. The van der Waals surface area contributed by atoms with E-state index in [9.17, 15) is 22.8 Å². The Bertz CT molecular complexity index is 1120. The van der Waals surface area contributed by atoms with Crippen molar-refractivity contribution in [3.05, 3.63) is 63.7 Å². The van der Waals surface area contributed by atoms with Crippen molar-refractivity contribution in [1.82, 2.24) is 10.3 Å². The van der Waals surface area contributed by atoms with E-state index in [1.165, 1.54) is 13.3 Å². The van der Waals surface area contributed by atoms with Gasteiger partial charge < -0.3 is 4.74 Å². The van der Waals surface area contributed by atoms with E-state index in [4.69, 9.17) is 11.6 Å². The standard InChI is InChI=1S/C19H12ClF3N4O3S/c1-30-15(28)7-14-17(29)26-18(31-14)27-25-8-10-2-4-11(5-3-10)16-13(20)6-12(9-24-16)19(21,22)23/h2-9H,1H3,(H,26,27,29)/b14-7+,25-8?. The monoisotopic (exact) mass is 468 g/mol. The van der Waals surface area contributed by atoms with Crippen LogP contribution >= 0.6 is 23.4 Å². The second-order valence-corrected chi connectivity index (χ2v) is 7.35. The van der Waals surface area contributed by atoms with Gasteiger partial charge in [-0.15, -0.1) is 5.10 Å². The first-order valence-corrected chi connectivity index (χ1v) is 9.60. The summed E-state index contributed by atoms with van der Waals surface area (Å²) in [4.78, 5) is 26.9. The molecule has 0 aliphatic carbocycles. The highest BCUT2D eigenvalue weighted by atomic mass is 35.5. The fourth-order valence-corrected chi connectivity index (χ4v) is 3.34. The maximum atomic E-state index is 12.7. The van der Waals surface area contributed by atoms with Crippen molar-refractivity contribution in [2.45, 2.75) is 6.18 Å².